The fourth-order valence-corrected chi connectivity index (χ4v) is 6.80. The Morgan fingerprint density at radius 1 is 0.884 bits per heavy atom. The van der Waals surface area contributed by atoms with E-state index >= 15 is 0 Å². The minimum Gasteiger partial charge on any atom is -0.507 e. The minimum atomic E-state index is -1.68. The van der Waals surface area contributed by atoms with Crippen molar-refractivity contribution in [3.05, 3.63) is 22.3 Å². The topological polar surface area (TPSA) is 107 Å². The molecule has 7 nitrogen and oxygen atoms in total. The highest BCUT2D eigenvalue weighted by Crippen LogP contribution is 2.44. The molecule has 7 heteroatoms. The highest BCUT2D eigenvalue weighted by atomic mass is 16.5. The number of carbonyl (C=O) groups excluding carboxylic acids is 1. The summed E-state index contributed by atoms with van der Waals surface area (Å²) in [6, 6.07) is 0. The number of hydroxylamine groups is 2. The number of ketones is 1. The predicted molar refractivity (Wildman–Crippen MR) is 173 cm³/mol. The molecule has 3 N–H and O–H groups in total. The first-order valence-corrected chi connectivity index (χ1v) is 16.8. The lowest BCUT2D eigenvalue weighted by Gasteiger charge is -2.38. The SMILES string of the molecule is CC(=O)C1(C(=O)O)CCCN1O.Cc1c(C)c2c(c(C)c1O)CC[C@@](C)(CCCC(C)CCCC(C)CCCC(C)C)O2. The van der Waals surface area contributed by atoms with Gasteiger partial charge in [-0.05, 0) is 108 Å². The number of carbonyl (C=O) groups is 2. The number of benzene rings is 1. The Bertz CT molecular complexity index is 1070. The summed E-state index contributed by atoms with van der Waals surface area (Å²) in [6.07, 6.45) is 14.8. The highest BCUT2D eigenvalue weighted by Gasteiger charge is 2.51. The predicted octanol–water partition coefficient (Wildman–Crippen LogP) is 8.72. The molecule has 1 saturated heterocycles. The van der Waals surface area contributed by atoms with E-state index in [0.717, 1.165) is 59.5 Å². The van der Waals surface area contributed by atoms with Gasteiger partial charge in [-0.1, -0.05) is 72.6 Å². The first-order chi connectivity index (χ1) is 20.1. The number of fused-ring (bicyclic) bond motifs is 1. The van der Waals surface area contributed by atoms with E-state index in [1.165, 1.54) is 63.9 Å². The molecular formula is C36H61NO6. The fraction of sp³-hybridized carbons (Fsp3) is 0.778. The maximum Gasteiger partial charge on any atom is 0.334 e. The Labute approximate surface area is 261 Å². The van der Waals surface area contributed by atoms with Crippen molar-refractivity contribution in [3.8, 4) is 11.5 Å². The van der Waals surface area contributed by atoms with Gasteiger partial charge in [0, 0.05) is 12.1 Å². The first kappa shape index (κ1) is 37.1. The molecule has 0 bridgehead atoms. The summed E-state index contributed by atoms with van der Waals surface area (Å²) in [4.78, 5) is 21.8. The van der Waals surface area contributed by atoms with Crippen LogP contribution in [0.5, 0.6) is 11.5 Å². The van der Waals surface area contributed by atoms with Gasteiger partial charge in [0.2, 0.25) is 0 Å². The molecule has 1 aromatic rings. The van der Waals surface area contributed by atoms with E-state index in [-0.39, 0.29) is 18.6 Å². The fourth-order valence-electron chi connectivity index (χ4n) is 6.80. The van der Waals surface area contributed by atoms with Crippen LogP contribution in [0.2, 0.25) is 0 Å². The van der Waals surface area contributed by atoms with E-state index in [1.807, 2.05) is 13.8 Å². The first-order valence-electron chi connectivity index (χ1n) is 16.8. The van der Waals surface area contributed by atoms with Crippen molar-refractivity contribution in [1.82, 2.24) is 5.06 Å². The molecule has 0 radical (unpaired) electrons. The summed E-state index contributed by atoms with van der Waals surface area (Å²) < 4.78 is 6.60. The number of hydrogen-bond acceptors (Lipinski definition) is 6. The van der Waals surface area contributed by atoms with E-state index in [9.17, 15) is 19.9 Å². The molecule has 0 aromatic heterocycles. The molecular weight excluding hydrogens is 542 g/mol. The van der Waals surface area contributed by atoms with Crippen molar-refractivity contribution < 1.29 is 29.7 Å². The van der Waals surface area contributed by atoms with Crippen molar-refractivity contribution >= 4 is 11.8 Å². The largest absolute Gasteiger partial charge is 0.507 e. The number of aliphatic carboxylic acids is 1. The maximum atomic E-state index is 11.0. The van der Waals surface area contributed by atoms with Gasteiger partial charge in [0.05, 0.1) is 0 Å². The third-order valence-electron chi connectivity index (χ3n) is 10.2. The Hall–Kier alpha value is -2.12. The van der Waals surface area contributed by atoms with Gasteiger partial charge in [0.25, 0.3) is 0 Å². The number of phenolic OH excluding ortho intramolecular Hbond substituents is 1. The van der Waals surface area contributed by atoms with Crippen LogP contribution in [0.4, 0.5) is 0 Å². The van der Waals surface area contributed by atoms with Crippen molar-refractivity contribution in [2.24, 2.45) is 17.8 Å². The van der Waals surface area contributed by atoms with Crippen LogP contribution in [0.25, 0.3) is 0 Å². The molecule has 0 aliphatic carbocycles. The zero-order valence-corrected chi connectivity index (χ0v) is 28.6. The van der Waals surface area contributed by atoms with Crippen LogP contribution in [-0.2, 0) is 16.0 Å². The van der Waals surface area contributed by atoms with Crippen LogP contribution in [0.15, 0.2) is 0 Å². The molecule has 1 fully saturated rings. The normalized spacial score (nSPS) is 23.2. The maximum absolute atomic E-state index is 11.0. The van der Waals surface area contributed by atoms with Crippen LogP contribution in [-0.4, -0.2) is 49.9 Å². The second kappa shape index (κ2) is 16.3. The van der Waals surface area contributed by atoms with Gasteiger partial charge in [-0.3, -0.25) is 4.79 Å². The second-order valence-corrected chi connectivity index (χ2v) is 14.4. The van der Waals surface area contributed by atoms with Gasteiger partial charge >= 0.3 is 5.97 Å². The molecule has 2 aliphatic rings. The quantitative estimate of drug-likeness (QED) is 0.183. The summed E-state index contributed by atoms with van der Waals surface area (Å²) in [5.74, 6) is 2.25. The zero-order chi connectivity index (χ0) is 32.5. The van der Waals surface area contributed by atoms with Gasteiger partial charge in [-0.15, -0.1) is 0 Å². The highest BCUT2D eigenvalue weighted by molar-refractivity contribution is 6.06. The van der Waals surface area contributed by atoms with E-state index in [2.05, 4.69) is 41.5 Å². The number of rotatable bonds is 14. The van der Waals surface area contributed by atoms with E-state index in [4.69, 9.17) is 9.84 Å². The molecule has 3 rings (SSSR count). The van der Waals surface area contributed by atoms with Crippen LogP contribution >= 0.6 is 0 Å². The van der Waals surface area contributed by atoms with Gasteiger partial charge < -0.3 is 20.2 Å². The summed E-state index contributed by atoms with van der Waals surface area (Å²) in [7, 11) is 0. The van der Waals surface area contributed by atoms with Crippen molar-refractivity contribution in [2.75, 3.05) is 6.54 Å². The molecule has 43 heavy (non-hydrogen) atoms. The van der Waals surface area contributed by atoms with Gasteiger partial charge in [0.1, 0.15) is 17.1 Å². The average Bonchev–Trinajstić information content (AvgIpc) is 3.33. The smallest absolute Gasteiger partial charge is 0.334 e. The summed E-state index contributed by atoms with van der Waals surface area (Å²) >= 11 is 0. The van der Waals surface area contributed by atoms with E-state index < -0.39 is 17.3 Å². The number of carboxylic acids is 1. The number of ether oxygens (including phenoxy) is 1. The summed E-state index contributed by atoms with van der Waals surface area (Å²) in [5, 5.41) is 29.0. The van der Waals surface area contributed by atoms with Crippen molar-refractivity contribution in [2.45, 2.75) is 157 Å². The monoisotopic (exact) mass is 603 g/mol. The van der Waals surface area contributed by atoms with E-state index in [1.54, 1.807) is 0 Å². The Balaban J connectivity index is 0.000000448. The molecule has 0 spiro atoms. The lowest BCUT2D eigenvalue weighted by atomic mass is 9.84. The number of carboxylic acid groups (broad SMARTS) is 1. The Morgan fingerprint density at radius 2 is 1.44 bits per heavy atom. The summed E-state index contributed by atoms with van der Waals surface area (Å²) in [5.41, 5.74) is 2.55. The van der Waals surface area contributed by atoms with Crippen molar-refractivity contribution in [3.63, 3.8) is 0 Å². The number of phenols is 1. The standard InChI is InChI=1S/C29H50O2.C7H11NO4/c1-20(2)12-9-13-21(3)14-10-15-22(4)16-11-18-29(8)19-17-26-25(7)27(30)23(5)24(6)28(26)31-29;1-5(9)7(6(10)11)3-2-4-8(7)12/h20-22,30H,9-19H2,1-8H3;12H,2-4H2,1H3,(H,10,11)/t21?,22?,29-;/m1./s1. The van der Waals surface area contributed by atoms with Crippen LogP contribution in [0.3, 0.4) is 0 Å². The number of Topliss-reactive ketones (excluding diaryl/α,β-unsaturated/α-hetero) is 1. The molecule has 4 atom stereocenters. The van der Waals surface area contributed by atoms with E-state index in [0.29, 0.717) is 17.2 Å². The number of hydrogen-bond donors (Lipinski definition) is 3. The third-order valence-corrected chi connectivity index (χ3v) is 10.2. The summed E-state index contributed by atoms with van der Waals surface area (Å²) in [6.45, 7) is 19.4. The second-order valence-electron chi connectivity index (χ2n) is 14.4. The van der Waals surface area contributed by atoms with Crippen LogP contribution in [0, 0.1) is 38.5 Å². The molecule has 1 aromatic carbocycles. The van der Waals surface area contributed by atoms with Crippen molar-refractivity contribution in [1.29, 1.82) is 0 Å². The lowest BCUT2D eigenvalue weighted by molar-refractivity contribution is -0.186. The average molecular weight is 604 g/mol. The molecule has 0 amide bonds. The van der Waals surface area contributed by atoms with Gasteiger partial charge in [0.15, 0.2) is 11.3 Å². The molecule has 3 unspecified atom stereocenters. The van der Waals surface area contributed by atoms with Crippen LogP contribution in [0.1, 0.15) is 141 Å². The lowest BCUT2D eigenvalue weighted by Crippen LogP contribution is -2.54. The molecule has 2 heterocycles. The molecule has 2 aliphatic heterocycles. The zero-order valence-electron chi connectivity index (χ0n) is 28.6. The Kier molecular flexibility index (Phi) is 14.0. The number of aromatic hydroxyl groups is 1. The molecule has 246 valence electrons. The number of nitrogens with zero attached hydrogens (tertiary/aromatic N) is 1. The molecule has 0 saturated carbocycles. The Morgan fingerprint density at radius 3 is 1.91 bits per heavy atom. The third kappa shape index (κ3) is 9.68. The van der Waals surface area contributed by atoms with Gasteiger partial charge in [-0.25, -0.2) is 4.79 Å². The minimum absolute atomic E-state index is 0.0712. The van der Waals surface area contributed by atoms with Gasteiger partial charge in [-0.2, -0.15) is 5.06 Å². The van der Waals surface area contributed by atoms with Crippen LogP contribution < -0.4 is 4.74 Å².